The summed E-state index contributed by atoms with van der Waals surface area (Å²) >= 11 is 0. The normalized spacial score (nSPS) is 14.6. The summed E-state index contributed by atoms with van der Waals surface area (Å²) in [6.45, 7) is 2.79. The van der Waals surface area contributed by atoms with Gasteiger partial charge < -0.3 is 14.4 Å². The topological polar surface area (TPSA) is 38.8 Å². The van der Waals surface area contributed by atoms with E-state index in [1.807, 2.05) is 42.2 Å². The van der Waals surface area contributed by atoms with Crippen molar-refractivity contribution in [3.05, 3.63) is 53.6 Å². The van der Waals surface area contributed by atoms with Crippen LogP contribution in [0.1, 0.15) is 24.5 Å². The Bertz CT molecular complexity index is 757. The molecule has 0 aromatic heterocycles. The molecule has 3 rings (SSSR count). The van der Waals surface area contributed by atoms with E-state index in [1.165, 1.54) is 5.56 Å². The number of ether oxygens (including phenoxy) is 2. The van der Waals surface area contributed by atoms with Crippen molar-refractivity contribution in [1.29, 1.82) is 0 Å². The minimum atomic E-state index is -0.0933. The molecule has 1 aliphatic heterocycles. The molecular formula is C21H25NO3. The third-order valence-electron chi connectivity index (χ3n) is 4.79. The molecule has 0 saturated heterocycles. The van der Waals surface area contributed by atoms with Crippen LogP contribution in [0.25, 0.3) is 0 Å². The molecule has 0 aliphatic carbocycles. The van der Waals surface area contributed by atoms with Gasteiger partial charge in [-0.2, -0.15) is 0 Å². The molecule has 0 N–H and O–H groups in total. The highest BCUT2D eigenvalue weighted by molar-refractivity contribution is 5.96. The third-order valence-corrected chi connectivity index (χ3v) is 4.79. The second-order valence-corrected chi connectivity index (χ2v) is 6.52. The number of carbonyl (C=O) groups excluding carboxylic acids is 1. The minimum absolute atomic E-state index is 0.0933. The number of amides is 1. The van der Waals surface area contributed by atoms with Crippen molar-refractivity contribution in [1.82, 2.24) is 0 Å². The molecule has 0 spiro atoms. The van der Waals surface area contributed by atoms with Gasteiger partial charge in [0.1, 0.15) is 0 Å². The summed E-state index contributed by atoms with van der Waals surface area (Å²) in [6.07, 6.45) is 2.74. The van der Waals surface area contributed by atoms with Crippen LogP contribution in [0, 0.1) is 5.92 Å². The maximum absolute atomic E-state index is 13.0. The van der Waals surface area contributed by atoms with Gasteiger partial charge in [-0.1, -0.05) is 31.2 Å². The van der Waals surface area contributed by atoms with Crippen LogP contribution in [-0.4, -0.2) is 26.7 Å². The summed E-state index contributed by atoms with van der Waals surface area (Å²) in [5, 5.41) is 0. The highest BCUT2D eigenvalue weighted by Crippen LogP contribution is 2.31. The van der Waals surface area contributed by atoms with Gasteiger partial charge in [0.15, 0.2) is 11.5 Å². The number of fused-ring (bicyclic) bond motifs is 1. The molecule has 4 nitrogen and oxygen atoms in total. The van der Waals surface area contributed by atoms with Crippen molar-refractivity contribution in [2.75, 3.05) is 25.7 Å². The lowest BCUT2D eigenvalue weighted by Crippen LogP contribution is -2.39. The Morgan fingerprint density at radius 2 is 1.88 bits per heavy atom. The van der Waals surface area contributed by atoms with Crippen LogP contribution in [0.5, 0.6) is 11.5 Å². The van der Waals surface area contributed by atoms with E-state index in [-0.39, 0.29) is 11.8 Å². The summed E-state index contributed by atoms with van der Waals surface area (Å²) in [5.74, 6) is 1.49. The number of carbonyl (C=O) groups is 1. The van der Waals surface area contributed by atoms with E-state index in [2.05, 4.69) is 12.1 Å². The molecule has 1 atom stereocenters. The zero-order valence-corrected chi connectivity index (χ0v) is 15.1. The van der Waals surface area contributed by atoms with Crippen LogP contribution in [0.15, 0.2) is 42.5 Å². The Hall–Kier alpha value is -2.49. The van der Waals surface area contributed by atoms with Gasteiger partial charge in [0.05, 0.1) is 14.2 Å². The number of methoxy groups -OCH3 is 2. The standard InChI is InChI=1S/C21H25NO3/c1-15(13-16-10-11-19(24-2)20(14-16)25-3)21(23)22-12-6-8-17-7-4-5-9-18(17)22/h4-5,7,9-11,14-15H,6,8,12-13H2,1-3H3. The van der Waals surface area contributed by atoms with E-state index >= 15 is 0 Å². The van der Waals surface area contributed by atoms with Gasteiger partial charge >= 0.3 is 0 Å². The van der Waals surface area contributed by atoms with Crippen molar-refractivity contribution >= 4 is 11.6 Å². The fourth-order valence-electron chi connectivity index (χ4n) is 3.48. The molecule has 1 amide bonds. The number of aryl methyl sites for hydroxylation is 1. The van der Waals surface area contributed by atoms with Gasteiger partial charge in [-0.25, -0.2) is 0 Å². The molecule has 1 aliphatic rings. The average Bonchev–Trinajstić information content (AvgIpc) is 2.66. The number of rotatable bonds is 5. The second-order valence-electron chi connectivity index (χ2n) is 6.52. The lowest BCUT2D eigenvalue weighted by Gasteiger charge is -2.31. The summed E-state index contributed by atoms with van der Waals surface area (Å²) in [5.41, 5.74) is 3.40. The van der Waals surface area contributed by atoms with Gasteiger partial charge in [-0.05, 0) is 48.6 Å². The highest BCUT2D eigenvalue weighted by atomic mass is 16.5. The number of hydrogen-bond donors (Lipinski definition) is 0. The Balaban J connectivity index is 1.76. The minimum Gasteiger partial charge on any atom is -0.493 e. The molecule has 2 aromatic carbocycles. The molecule has 132 valence electrons. The van der Waals surface area contributed by atoms with Crippen molar-refractivity contribution < 1.29 is 14.3 Å². The van der Waals surface area contributed by atoms with Crippen LogP contribution in [0.2, 0.25) is 0 Å². The van der Waals surface area contributed by atoms with Gasteiger partial charge in [-0.3, -0.25) is 4.79 Å². The first-order valence-corrected chi connectivity index (χ1v) is 8.74. The summed E-state index contributed by atoms with van der Waals surface area (Å²) < 4.78 is 10.6. The lowest BCUT2D eigenvalue weighted by atomic mass is 9.96. The van der Waals surface area contributed by atoms with E-state index in [1.54, 1.807) is 14.2 Å². The molecule has 2 aromatic rings. The van der Waals surface area contributed by atoms with Crippen molar-refractivity contribution in [2.45, 2.75) is 26.2 Å². The molecule has 0 fully saturated rings. The molecule has 1 unspecified atom stereocenters. The van der Waals surface area contributed by atoms with E-state index in [0.717, 1.165) is 30.6 Å². The molecular weight excluding hydrogens is 314 g/mol. The molecule has 0 saturated carbocycles. The lowest BCUT2D eigenvalue weighted by molar-refractivity contribution is -0.122. The van der Waals surface area contributed by atoms with E-state index in [9.17, 15) is 4.79 Å². The smallest absolute Gasteiger partial charge is 0.230 e. The highest BCUT2D eigenvalue weighted by Gasteiger charge is 2.26. The van der Waals surface area contributed by atoms with Crippen LogP contribution < -0.4 is 14.4 Å². The first-order chi connectivity index (χ1) is 12.1. The predicted molar refractivity (Wildman–Crippen MR) is 99.5 cm³/mol. The zero-order valence-electron chi connectivity index (χ0n) is 15.1. The maximum Gasteiger partial charge on any atom is 0.230 e. The Kier molecular flexibility index (Phi) is 5.27. The molecule has 0 radical (unpaired) electrons. The fraction of sp³-hybridized carbons (Fsp3) is 0.381. The number of nitrogens with zero attached hydrogens (tertiary/aromatic N) is 1. The van der Waals surface area contributed by atoms with Crippen LogP contribution in [0.4, 0.5) is 5.69 Å². The number of benzene rings is 2. The predicted octanol–water partition coefficient (Wildman–Crippen LogP) is 3.86. The van der Waals surface area contributed by atoms with E-state index in [4.69, 9.17) is 9.47 Å². The van der Waals surface area contributed by atoms with Crippen LogP contribution in [0.3, 0.4) is 0 Å². The van der Waals surface area contributed by atoms with Crippen molar-refractivity contribution in [3.63, 3.8) is 0 Å². The third kappa shape index (κ3) is 3.63. The van der Waals surface area contributed by atoms with Crippen molar-refractivity contribution in [3.8, 4) is 11.5 Å². The van der Waals surface area contributed by atoms with Gasteiger partial charge in [-0.15, -0.1) is 0 Å². The number of hydrogen-bond acceptors (Lipinski definition) is 3. The van der Waals surface area contributed by atoms with Gasteiger partial charge in [0, 0.05) is 18.2 Å². The zero-order chi connectivity index (χ0) is 17.8. The quantitative estimate of drug-likeness (QED) is 0.830. The number of anilines is 1. The maximum atomic E-state index is 13.0. The SMILES string of the molecule is COc1ccc(CC(C)C(=O)N2CCCc3ccccc32)cc1OC. The molecule has 1 heterocycles. The summed E-state index contributed by atoms with van der Waals surface area (Å²) in [6, 6.07) is 14.1. The van der Waals surface area contributed by atoms with Gasteiger partial charge in [0.25, 0.3) is 0 Å². The van der Waals surface area contributed by atoms with Crippen LogP contribution in [-0.2, 0) is 17.6 Å². The first kappa shape index (κ1) is 17.3. The van der Waals surface area contributed by atoms with Crippen molar-refractivity contribution in [2.24, 2.45) is 5.92 Å². The van der Waals surface area contributed by atoms with E-state index in [0.29, 0.717) is 17.9 Å². The number of para-hydroxylation sites is 1. The Morgan fingerprint density at radius 1 is 1.12 bits per heavy atom. The largest absolute Gasteiger partial charge is 0.493 e. The Labute approximate surface area is 149 Å². The molecule has 25 heavy (non-hydrogen) atoms. The van der Waals surface area contributed by atoms with Crippen LogP contribution >= 0.6 is 0 Å². The summed E-state index contributed by atoms with van der Waals surface area (Å²) in [4.78, 5) is 15.0. The fourth-order valence-corrected chi connectivity index (χ4v) is 3.48. The second kappa shape index (κ2) is 7.60. The molecule has 4 heteroatoms. The average molecular weight is 339 g/mol. The molecule has 0 bridgehead atoms. The van der Waals surface area contributed by atoms with Gasteiger partial charge in [0.2, 0.25) is 5.91 Å². The summed E-state index contributed by atoms with van der Waals surface area (Å²) in [7, 11) is 3.25. The first-order valence-electron chi connectivity index (χ1n) is 8.74. The monoisotopic (exact) mass is 339 g/mol. The van der Waals surface area contributed by atoms with E-state index < -0.39 is 0 Å². The Morgan fingerprint density at radius 3 is 2.64 bits per heavy atom.